The lowest BCUT2D eigenvalue weighted by atomic mass is 10.0. The van der Waals surface area contributed by atoms with Crippen molar-refractivity contribution in [3.05, 3.63) is 105 Å². The van der Waals surface area contributed by atoms with Gasteiger partial charge in [-0.2, -0.15) is 0 Å². The highest BCUT2D eigenvalue weighted by molar-refractivity contribution is 6.38. The van der Waals surface area contributed by atoms with Crippen LogP contribution >= 0.6 is 23.2 Å². The number of aryl methyl sites for hydroxylation is 1. The van der Waals surface area contributed by atoms with Gasteiger partial charge in [-0.15, -0.1) is 0 Å². The van der Waals surface area contributed by atoms with Crippen molar-refractivity contribution in [2.75, 3.05) is 0 Å². The van der Waals surface area contributed by atoms with E-state index in [0.717, 1.165) is 16.6 Å². The van der Waals surface area contributed by atoms with Gasteiger partial charge in [0.25, 0.3) is 0 Å². The lowest BCUT2D eigenvalue weighted by Gasteiger charge is -2.14. The van der Waals surface area contributed by atoms with Gasteiger partial charge in [-0.1, -0.05) is 71.7 Å². The maximum Gasteiger partial charge on any atom is 0.194 e. The van der Waals surface area contributed by atoms with E-state index < -0.39 is 0 Å². The number of pyridine rings is 1. The highest BCUT2D eigenvalue weighted by Crippen LogP contribution is 2.32. The number of nitrogens with zero attached hydrogens (tertiary/aromatic N) is 1. The van der Waals surface area contributed by atoms with E-state index in [1.165, 1.54) is 0 Å². The van der Waals surface area contributed by atoms with Crippen LogP contribution in [0, 0.1) is 6.92 Å². The summed E-state index contributed by atoms with van der Waals surface area (Å²) in [5.74, 6) is 0.481. The first-order chi connectivity index (χ1) is 14.0. The van der Waals surface area contributed by atoms with Crippen LogP contribution < -0.4 is 4.74 Å². The fraction of sp³-hybridized carbons (Fsp3) is 0.0833. The number of carbonyl (C=O) groups is 1. The molecule has 3 nitrogen and oxygen atoms in total. The quantitative estimate of drug-likeness (QED) is 0.338. The zero-order chi connectivity index (χ0) is 20.4. The monoisotopic (exact) mass is 421 g/mol. The van der Waals surface area contributed by atoms with Crippen LogP contribution in [0.3, 0.4) is 0 Å². The summed E-state index contributed by atoms with van der Waals surface area (Å²) < 4.78 is 6.02. The predicted molar refractivity (Wildman–Crippen MR) is 117 cm³/mol. The number of rotatable bonds is 5. The Morgan fingerprint density at radius 1 is 0.931 bits per heavy atom. The number of ketones is 1. The van der Waals surface area contributed by atoms with Gasteiger partial charge in [-0.05, 0) is 31.2 Å². The van der Waals surface area contributed by atoms with Crippen molar-refractivity contribution >= 4 is 39.9 Å². The SMILES string of the molecule is Cc1ccc2cccc(OCc3c(Cl)ccc(C(=O)c4ccccc4)c3Cl)c2n1. The van der Waals surface area contributed by atoms with E-state index in [0.29, 0.717) is 32.5 Å². The predicted octanol–water partition coefficient (Wildman–Crippen LogP) is 6.66. The summed E-state index contributed by atoms with van der Waals surface area (Å²) in [5, 5.41) is 1.73. The van der Waals surface area contributed by atoms with E-state index in [4.69, 9.17) is 27.9 Å². The zero-order valence-electron chi connectivity index (χ0n) is 15.7. The standard InChI is InChI=1S/C24H17Cl2NO2/c1-15-10-11-16-8-5-9-21(23(16)27-15)29-14-19-20(25)13-12-18(22(19)26)24(28)17-6-3-2-4-7-17/h2-13H,14H2,1H3. The van der Waals surface area contributed by atoms with Gasteiger partial charge in [-0.25, -0.2) is 4.98 Å². The lowest BCUT2D eigenvalue weighted by molar-refractivity contribution is 0.103. The minimum absolute atomic E-state index is 0.127. The molecule has 0 N–H and O–H groups in total. The maximum absolute atomic E-state index is 12.8. The number of para-hydroxylation sites is 1. The number of carbonyl (C=O) groups excluding carboxylic acids is 1. The van der Waals surface area contributed by atoms with Crippen LogP contribution in [-0.2, 0) is 6.61 Å². The molecular formula is C24H17Cl2NO2. The fourth-order valence-corrected chi connectivity index (χ4v) is 3.70. The Kier molecular flexibility index (Phi) is 5.52. The molecule has 4 rings (SSSR count). The second kappa shape index (κ2) is 8.24. The average molecular weight is 422 g/mol. The molecule has 144 valence electrons. The van der Waals surface area contributed by atoms with Gasteiger partial charge in [0, 0.05) is 32.8 Å². The Balaban J connectivity index is 1.66. The highest BCUT2D eigenvalue weighted by Gasteiger charge is 2.18. The number of hydrogen-bond donors (Lipinski definition) is 0. The molecule has 3 aromatic carbocycles. The molecule has 0 unspecified atom stereocenters. The number of halogens is 2. The molecule has 0 amide bonds. The van der Waals surface area contributed by atoms with E-state index in [1.807, 2.05) is 55.5 Å². The van der Waals surface area contributed by atoms with Gasteiger partial charge in [0.05, 0.1) is 5.02 Å². The van der Waals surface area contributed by atoms with Gasteiger partial charge in [0.2, 0.25) is 0 Å². The van der Waals surface area contributed by atoms with Gasteiger partial charge in [-0.3, -0.25) is 4.79 Å². The van der Waals surface area contributed by atoms with Crippen LogP contribution in [-0.4, -0.2) is 10.8 Å². The van der Waals surface area contributed by atoms with E-state index >= 15 is 0 Å². The van der Waals surface area contributed by atoms with Crippen LogP contribution in [0.4, 0.5) is 0 Å². The van der Waals surface area contributed by atoms with E-state index in [2.05, 4.69) is 4.98 Å². The smallest absolute Gasteiger partial charge is 0.194 e. The van der Waals surface area contributed by atoms with Gasteiger partial charge in [0.15, 0.2) is 5.78 Å². The Hall–Kier alpha value is -2.88. The van der Waals surface area contributed by atoms with Crippen LogP contribution in [0.5, 0.6) is 5.75 Å². The van der Waals surface area contributed by atoms with E-state index in [1.54, 1.807) is 24.3 Å². The summed E-state index contributed by atoms with van der Waals surface area (Å²) >= 11 is 12.9. The second-order valence-corrected chi connectivity index (χ2v) is 7.44. The molecule has 0 saturated carbocycles. The van der Waals surface area contributed by atoms with Crippen molar-refractivity contribution in [1.29, 1.82) is 0 Å². The summed E-state index contributed by atoms with van der Waals surface area (Å²) in [4.78, 5) is 17.4. The summed E-state index contributed by atoms with van der Waals surface area (Å²) in [6.45, 7) is 2.06. The third-order valence-electron chi connectivity index (χ3n) is 4.66. The summed E-state index contributed by atoms with van der Waals surface area (Å²) in [5.41, 5.74) is 3.21. The van der Waals surface area contributed by atoms with Crippen molar-refractivity contribution < 1.29 is 9.53 Å². The fourth-order valence-electron chi connectivity index (χ4n) is 3.13. The van der Waals surface area contributed by atoms with Gasteiger partial charge in [0.1, 0.15) is 17.9 Å². The van der Waals surface area contributed by atoms with E-state index in [-0.39, 0.29) is 12.4 Å². The number of benzene rings is 3. The molecule has 0 bridgehead atoms. The zero-order valence-corrected chi connectivity index (χ0v) is 17.2. The number of hydrogen-bond acceptors (Lipinski definition) is 3. The normalized spacial score (nSPS) is 10.9. The van der Waals surface area contributed by atoms with Crippen LogP contribution in [0.15, 0.2) is 72.8 Å². The topological polar surface area (TPSA) is 39.2 Å². The molecule has 5 heteroatoms. The first-order valence-corrected chi connectivity index (χ1v) is 9.86. The molecule has 29 heavy (non-hydrogen) atoms. The van der Waals surface area contributed by atoms with Gasteiger partial charge >= 0.3 is 0 Å². The average Bonchev–Trinajstić information content (AvgIpc) is 2.74. The summed E-state index contributed by atoms with van der Waals surface area (Å²) in [6.07, 6.45) is 0. The molecule has 0 radical (unpaired) electrons. The molecule has 0 fully saturated rings. The molecule has 1 heterocycles. The Morgan fingerprint density at radius 2 is 1.72 bits per heavy atom. The van der Waals surface area contributed by atoms with Crippen molar-refractivity contribution in [3.8, 4) is 5.75 Å². The van der Waals surface area contributed by atoms with Crippen LogP contribution in [0.2, 0.25) is 10.0 Å². The third-order valence-corrected chi connectivity index (χ3v) is 5.45. The summed E-state index contributed by atoms with van der Waals surface area (Å²) in [6, 6.07) is 22.0. The van der Waals surface area contributed by atoms with Crippen LogP contribution in [0.25, 0.3) is 10.9 Å². The van der Waals surface area contributed by atoms with Crippen molar-refractivity contribution in [3.63, 3.8) is 0 Å². The molecule has 1 aromatic heterocycles. The Bertz CT molecular complexity index is 1210. The molecule has 0 aliphatic heterocycles. The first kappa shape index (κ1) is 19.4. The number of ether oxygens (including phenoxy) is 1. The molecule has 0 aliphatic carbocycles. The van der Waals surface area contributed by atoms with Crippen molar-refractivity contribution in [1.82, 2.24) is 4.98 Å². The maximum atomic E-state index is 12.8. The van der Waals surface area contributed by atoms with E-state index in [9.17, 15) is 4.79 Å². The van der Waals surface area contributed by atoms with Crippen LogP contribution in [0.1, 0.15) is 27.2 Å². The Labute approximate surface area is 178 Å². The molecule has 0 aliphatic rings. The first-order valence-electron chi connectivity index (χ1n) is 9.10. The molecular weight excluding hydrogens is 405 g/mol. The largest absolute Gasteiger partial charge is 0.487 e. The highest BCUT2D eigenvalue weighted by atomic mass is 35.5. The lowest BCUT2D eigenvalue weighted by Crippen LogP contribution is -2.06. The summed E-state index contributed by atoms with van der Waals surface area (Å²) in [7, 11) is 0. The van der Waals surface area contributed by atoms with Gasteiger partial charge < -0.3 is 4.74 Å². The molecule has 0 atom stereocenters. The minimum Gasteiger partial charge on any atom is -0.487 e. The Morgan fingerprint density at radius 3 is 2.52 bits per heavy atom. The molecule has 0 saturated heterocycles. The number of aromatic nitrogens is 1. The molecule has 0 spiro atoms. The van der Waals surface area contributed by atoms with Crippen molar-refractivity contribution in [2.24, 2.45) is 0 Å². The minimum atomic E-state index is -0.157. The number of fused-ring (bicyclic) bond motifs is 1. The second-order valence-electron chi connectivity index (χ2n) is 6.65. The third kappa shape index (κ3) is 3.98. The molecule has 4 aromatic rings. The van der Waals surface area contributed by atoms with Crippen molar-refractivity contribution in [2.45, 2.75) is 13.5 Å².